The predicted octanol–water partition coefficient (Wildman–Crippen LogP) is 3.36. The lowest BCUT2D eigenvalue weighted by Gasteiger charge is -2.05. The highest BCUT2D eigenvalue weighted by Crippen LogP contribution is 2.24. The normalized spacial score (nSPS) is 12.8. The van der Waals surface area contributed by atoms with Crippen molar-refractivity contribution in [2.45, 2.75) is 16.3 Å². The van der Waals surface area contributed by atoms with Gasteiger partial charge in [0, 0.05) is 18.6 Å². The van der Waals surface area contributed by atoms with Crippen molar-refractivity contribution >= 4 is 43.3 Å². The number of rotatable bonds is 6. The molecule has 3 rings (SSSR count). The number of thioether (sulfide) groups is 1. The average molecular weight is 395 g/mol. The first-order valence-corrected chi connectivity index (χ1v) is 11.1. The van der Waals surface area contributed by atoms with Crippen LogP contribution in [0.3, 0.4) is 0 Å². The summed E-state index contributed by atoms with van der Waals surface area (Å²) < 4.78 is 37.4. The van der Waals surface area contributed by atoms with Gasteiger partial charge in [-0.3, -0.25) is 0 Å². The number of methoxy groups -OCH3 is 1. The molecule has 0 aliphatic heterocycles. The smallest absolute Gasteiger partial charge is 0.285 e. The number of sulfonamides is 1. The van der Waals surface area contributed by atoms with Gasteiger partial charge in [0.1, 0.15) is 0 Å². The van der Waals surface area contributed by atoms with Crippen LogP contribution in [0.4, 0.5) is 0 Å². The van der Waals surface area contributed by atoms with Crippen LogP contribution in [-0.4, -0.2) is 33.0 Å². The third kappa shape index (κ3) is 3.98. The SMILES string of the molecule is COCCn1c(=NS(=O)(=O)c2ccccc2)sc2cc(SC)ccc21. The Hall–Kier alpha value is -1.61. The largest absolute Gasteiger partial charge is 0.383 e. The molecule has 0 saturated heterocycles. The van der Waals surface area contributed by atoms with Crippen LogP contribution in [0.25, 0.3) is 10.2 Å². The van der Waals surface area contributed by atoms with Crippen molar-refractivity contribution < 1.29 is 13.2 Å². The highest BCUT2D eigenvalue weighted by atomic mass is 32.2. The quantitative estimate of drug-likeness (QED) is 0.602. The Morgan fingerprint density at radius 2 is 1.96 bits per heavy atom. The van der Waals surface area contributed by atoms with Crippen molar-refractivity contribution in [3.05, 3.63) is 53.3 Å². The van der Waals surface area contributed by atoms with Gasteiger partial charge in [-0.2, -0.15) is 8.42 Å². The summed E-state index contributed by atoms with van der Waals surface area (Å²) in [6, 6.07) is 14.4. The van der Waals surface area contributed by atoms with Gasteiger partial charge in [0.2, 0.25) is 4.80 Å². The fraction of sp³-hybridized carbons (Fsp3) is 0.235. The van der Waals surface area contributed by atoms with E-state index < -0.39 is 10.0 Å². The fourth-order valence-corrected chi connectivity index (χ4v) is 5.23. The van der Waals surface area contributed by atoms with Crippen LogP contribution in [0, 0.1) is 0 Å². The van der Waals surface area contributed by atoms with Crippen LogP contribution in [0.2, 0.25) is 0 Å². The second kappa shape index (κ2) is 7.74. The first-order valence-electron chi connectivity index (χ1n) is 7.57. The van der Waals surface area contributed by atoms with Gasteiger partial charge in [-0.15, -0.1) is 16.2 Å². The van der Waals surface area contributed by atoms with Crippen LogP contribution < -0.4 is 4.80 Å². The van der Waals surface area contributed by atoms with E-state index in [0.29, 0.717) is 18.0 Å². The average Bonchev–Trinajstić information content (AvgIpc) is 2.96. The molecular formula is C17H18N2O3S3. The van der Waals surface area contributed by atoms with Gasteiger partial charge in [-0.1, -0.05) is 29.5 Å². The Balaban J connectivity index is 2.20. The van der Waals surface area contributed by atoms with Gasteiger partial charge in [-0.25, -0.2) is 0 Å². The molecule has 0 saturated carbocycles. The molecule has 0 aliphatic carbocycles. The number of benzene rings is 2. The van der Waals surface area contributed by atoms with Crippen molar-refractivity contribution in [2.24, 2.45) is 4.40 Å². The third-order valence-electron chi connectivity index (χ3n) is 3.65. The van der Waals surface area contributed by atoms with Crippen LogP contribution in [0.1, 0.15) is 0 Å². The van der Waals surface area contributed by atoms with E-state index in [1.165, 1.54) is 11.3 Å². The molecule has 25 heavy (non-hydrogen) atoms. The topological polar surface area (TPSA) is 60.7 Å². The molecular weight excluding hydrogens is 376 g/mol. The highest BCUT2D eigenvalue weighted by Gasteiger charge is 2.14. The lowest BCUT2D eigenvalue weighted by molar-refractivity contribution is 0.187. The van der Waals surface area contributed by atoms with Gasteiger partial charge < -0.3 is 9.30 Å². The Morgan fingerprint density at radius 3 is 2.64 bits per heavy atom. The van der Waals surface area contributed by atoms with Crippen molar-refractivity contribution in [3.63, 3.8) is 0 Å². The molecule has 8 heteroatoms. The molecule has 1 aromatic heterocycles. The summed E-state index contributed by atoms with van der Waals surface area (Å²) in [5.41, 5.74) is 0.960. The standard InChI is InChI=1S/C17H18N2O3S3/c1-22-11-10-19-15-9-8-13(23-2)12-16(15)24-17(19)18-25(20,21)14-6-4-3-5-7-14/h3-9,12H,10-11H2,1-2H3. The van der Waals surface area contributed by atoms with Gasteiger partial charge in [-0.05, 0) is 36.6 Å². The Bertz CT molecular complexity index is 1040. The monoisotopic (exact) mass is 394 g/mol. The number of hydrogen-bond acceptors (Lipinski definition) is 5. The summed E-state index contributed by atoms with van der Waals surface area (Å²) in [6.07, 6.45) is 2.01. The summed E-state index contributed by atoms with van der Waals surface area (Å²) in [7, 11) is -2.13. The molecule has 2 aromatic carbocycles. The molecule has 0 amide bonds. The molecule has 1 heterocycles. The van der Waals surface area contributed by atoms with Gasteiger partial charge in [0.15, 0.2) is 0 Å². The van der Waals surface area contributed by atoms with E-state index in [1.54, 1.807) is 49.2 Å². The number of ether oxygens (including phenoxy) is 1. The molecule has 0 spiro atoms. The van der Waals surface area contributed by atoms with E-state index in [2.05, 4.69) is 10.5 Å². The minimum Gasteiger partial charge on any atom is -0.383 e. The summed E-state index contributed by atoms with van der Waals surface area (Å²) in [6.45, 7) is 1.02. The Kier molecular flexibility index (Phi) is 5.63. The lowest BCUT2D eigenvalue weighted by Crippen LogP contribution is -2.19. The molecule has 132 valence electrons. The summed E-state index contributed by atoms with van der Waals surface area (Å²) in [4.78, 5) is 1.77. The maximum Gasteiger partial charge on any atom is 0.285 e. The first-order chi connectivity index (χ1) is 12.0. The van der Waals surface area contributed by atoms with E-state index in [1.807, 2.05) is 23.0 Å². The van der Waals surface area contributed by atoms with Crippen LogP contribution in [-0.2, 0) is 21.3 Å². The van der Waals surface area contributed by atoms with E-state index in [9.17, 15) is 8.42 Å². The summed E-state index contributed by atoms with van der Waals surface area (Å²) in [5.74, 6) is 0. The zero-order chi connectivity index (χ0) is 17.9. The molecule has 0 aliphatic rings. The van der Waals surface area contributed by atoms with Crippen LogP contribution in [0.5, 0.6) is 0 Å². The third-order valence-corrected chi connectivity index (χ3v) is 6.81. The van der Waals surface area contributed by atoms with Crippen molar-refractivity contribution in [1.29, 1.82) is 0 Å². The maximum absolute atomic E-state index is 12.6. The zero-order valence-electron chi connectivity index (χ0n) is 13.9. The maximum atomic E-state index is 12.6. The molecule has 0 fully saturated rings. The molecule has 5 nitrogen and oxygen atoms in total. The molecule has 0 N–H and O–H groups in total. The first kappa shape index (κ1) is 18.2. The minimum absolute atomic E-state index is 0.190. The van der Waals surface area contributed by atoms with E-state index in [-0.39, 0.29) is 4.90 Å². The zero-order valence-corrected chi connectivity index (χ0v) is 16.3. The second-order valence-electron chi connectivity index (χ2n) is 5.24. The molecule has 0 radical (unpaired) electrons. The van der Waals surface area contributed by atoms with Crippen molar-refractivity contribution in [2.75, 3.05) is 20.0 Å². The van der Waals surface area contributed by atoms with E-state index >= 15 is 0 Å². The summed E-state index contributed by atoms with van der Waals surface area (Å²) >= 11 is 3.02. The van der Waals surface area contributed by atoms with E-state index in [4.69, 9.17) is 4.74 Å². The Morgan fingerprint density at radius 1 is 1.20 bits per heavy atom. The fourth-order valence-electron chi connectivity index (χ4n) is 2.40. The van der Waals surface area contributed by atoms with Crippen LogP contribution >= 0.6 is 23.1 Å². The lowest BCUT2D eigenvalue weighted by atomic mass is 10.3. The second-order valence-corrected chi connectivity index (χ2v) is 8.73. The van der Waals surface area contributed by atoms with Crippen molar-refractivity contribution in [1.82, 2.24) is 4.57 Å². The molecule has 0 atom stereocenters. The number of hydrogen-bond donors (Lipinski definition) is 0. The van der Waals surface area contributed by atoms with Gasteiger partial charge in [0.25, 0.3) is 10.0 Å². The minimum atomic E-state index is -3.76. The number of aromatic nitrogens is 1. The molecule has 0 unspecified atom stereocenters. The number of fused-ring (bicyclic) bond motifs is 1. The van der Waals surface area contributed by atoms with Crippen molar-refractivity contribution in [3.8, 4) is 0 Å². The van der Waals surface area contributed by atoms with E-state index in [0.717, 1.165) is 15.1 Å². The highest BCUT2D eigenvalue weighted by molar-refractivity contribution is 7.98. The predicted molar refractivity (Wildman–Crippen MR) is 103 cm³/mol. The van der Waals surface area contributed by atoms with Crippen LogP contribution in [0.15, 0.2) is 62.7 Å². The molecule has 0 bridgehead atoms. The summed E-state index contributed by atoms with van der Waals surface area (Å²) in [5, 5.41) is 0. The van der Waals surface area contributed by atoms with Gasteiger partial charge in [0.05, 0.1) is 21.7 Å². The van der Waals surface area contributed by atoms with Gasteiger partial charge >= 0.3 is 0 Å². The number of nitrogens with zero attached hydrogens (tertiary/aromatic N) is 2. The Labute approximate surface area is 155 Å². The molecule has 3 aromatic rings. The number of thiazole rings is 1.